The Morgan fingerprint density at radius 1 is 1.38 bits per heavy atom. The summed E-state index contributed by atoms with van der Waals surface area (Å²) < 4.78 is 5.45. The highest BCUT2D eigenvalue weighted by Crippen LogP contribution is 2.38. The highest BCUT2D eigenvalue weighted by molar-refractivity contribution is 5.87. The zero-order valence-electron chi connectivity index (χ0n) is 20.6. The molecular formula is C27H30N6O4. The van der Waals surface area contributed by atoms with Gasteiger partial charge in [-0.1, -0.05) is 12.1 Å². The minimum Gasteiger partial charge on any atom is -0.496 e. The summed E-state index contributed by atoms with van der Waals surface area (Å²) in [5, 5.41) is 27.6. The Morgan fingerprint density at radius 2 is 2.24 bits per heavy atom. The Labute approximate surface area is 214 Å². The molecule has 1 aromatic carbocycles. The van der Waals surface area contributed by atoms with Gasteiger partial charge in [0.1, 0.15) is 18.0 Å². The third kappa shape index (κ3) is 5.01. The summed E-state index contributed by atoms with van der Waals surface area (Å²) in [5.74, 6) is -0.0646. The van der Waals surface area contributed by atoms with E-state index in [1.54, 1.807) is 24.4 Å². The van der Waals surface area contributed by atoms with Gasteiger partial charge < -0.3 is 25.5 Å². The molecule has 0 aliphatic carbocycles. The fraction of sp³-hybridized carbons (Fsp3) is 0.407. The van der Waals surface area contributed by atoms with E-state index in [9.17, 15) is 20.0 Å². The number of rotatable bonds is 8. The quantitative estimate of drug-likeness (QED) is 0.369. The van der Waals surface area contributed by atoms with E-state index < -0.39 is 18.3 Å². The number of aromatic nitrogens is 2. The molecule has 0 spiro atoms. The fourth-order valence-corrected chi connectivity index (χ4v) is 5.46. The number of carbonyl (C=O) groups is 2. The number of nitriles is 1. The number of nitrogens with zero attached hydrogens (tertiary/aromatic N) is 3. The summed E-state index contributed by atoms with van der Waals surface area (Å²) in [6.45, 7) is 1.01. The van der Waals surface area contributed by atoms with Crippen LogP contribution in [0.2, 0.25) is 0 Å². The number of hydrogen-bond acceptors (Lipinski definition) is 7. The van der Waals surface area contributed by atoms with E-state index in [1.165, 1.54) is 0 Å². The molecule has 2 amide bonds. The van der Waals surface area contributed by atoms with Crippen LogP contribution in [0.5, 0.6) is 5.75 Å². The van der Waals surface area contributed by atoms with Gasteiger partial charge in [0.2, 0.25) is 11.8 Å². The average Bonchev–Trinajstić information content (AvgIpc) is 3.66. The molecule has 4 N–H and O–H groups in total. The molecule has 3 aromatic rings. The van der Waals surface area contributed by atoms with Gasteiger partial charge in [-0.25, -0.2) is 0 Å². The van der Waals surface area contributed by atoms with Crippen LogP contribution in [-0.2, 0) is 9.59 Å². The zero-order valence-corrected chi connectivity index (χ0v) is 20.6. The van der Waals surface area contributed by atoms with Gasteiger partial charge in [0.05, 0.1) is 24.9 Å². The Bertz CT molecular complexity index is 1320. The third-order valence-corrected chi connectivity index (χ3v) is 7.41. The number of fused-ring (bicyclic) bond motifs is 1. The molecule has 2 fully saturated rings. The minimum absolute atomic E-state index is 0.0286. The Kier molecular flexibility index (Phi) is 7.08. The second-order valence-electron chi connectivity index (χ2n) is 9.65. The molecule has 4 heterocycles. The third-order valence-electron chi connectivity index (χ3n) is 7.41. The predicted molar refractivity (Wildman–Crippen MR) is 135 cm³/mol. The van der Waals surface area contributed by atoms with Crippen LogP contribution >= 0.6 is 0 Å². The first-order valence-corrected chi connectivity index (χ1v) is 12.5. The van der Waals surface area contributed by atoms with E-state index in [1.807, 2.05) is 36.4 Å². The second-order valence-corrected chi connectivity index (χ2v) is 9.65. The van der Waals surface area contributed by atoms with E-state index in [0.29, 0.717) is 37.4 Å². The molecule has 0 saturated carbocycles. The molecule has 1 unspecified atom stereocenters. The molecule has 2 aliphatic rings. The van der Waals surface area contributed by atoms with Crippen LogP contribution in [0.1, 0.15) is 42.7 Å². The number of aliphatic hydroxyl groups excluding tert-OH is 1. The van der Waals surface area contributed by atoms with E-state index >= 15 is 0 Å². The standard InChI is InChI=1S/C27H30N6O4/c1-37-24-6-2-5-21-20(24)12-22(32-21)27(36)33-15-18(17-4-3-8-29-14-17)11-23(33)26(35)31-19(13-28)10-16-7-9-30-25(16)34/h2-6,8,12,14,16,18-19,23,27,32,36H,7,9-11,15H2,1H3,(H,30,34)(H,31,35)/t16-,18+,19-,23-,27?/m0/s1. The molecule has 5 atom stereocenters. The zero-order chi connectivity index (χ0) is 25.9. The van der Waals surface area contributed by atoms with E-state index in [4.69, 9.17) is 4.74 Å². The summed E-state index contributed by atoms with van der Waals surface area (Å²) in [6, 6.07) is 11.9. The van der Waals surface area contributed by atoms with Crippen molar-refractivity contribution in [2.45, 2.75) is 43.5 Å². The maximum Gasteiger partial charge on any atom is 0.238 e. The lowest BCUT2D eigenvalue weighted by molar-refractivity contribution is -0.130. The molecular weight excluding hydrogens is 472 g/mol. The van der Waals surface area contributed by atoms with Crippen molar-refractivity contribution < 1.29 is 19.4 Å². The predicted octanol–water partition coefficient (Wildman–Crippen LogP) is 1.96. The number of aliphatic hydroxyl groups is 1. The number of carbonyl (C=O) groups excluding carboxylic acids is 2. The SMILES string of the molecule is COc1cccc2[nH]c(C(O)N3C[C@H](c4cccnc4)C[C@H]3C(=O)N[C@H](C#N)C[C@@H]3CCNC3=O)cc12. The number of amides is 2. The number of aromatic amines is 1. The molecule has 10 heteroatoms. The molecule has 192 valence electrons. The fourth-order valence-electron chi connectivity index (χ4n) is 5.46. The number of nitrogens with one attached hydrogen (secondary N) is 3. The van der Waals surface area contributed by atoms with Crippen LogP contribution in [0.25, 0.3) is 10.9 Å². The number of hydrogen-bond donors (Lipinski definition) is 4. The second kappa shape index (κ2) is 10.6. The number of ether oxygens (including phenoxy) is 1. The molecule has 2 aromatic heterocycles. The van der Waals surface area contributed by atoms with Gasteiger partial charge in [-0.2, -0.15) is 5.26 Å². The average molecular weight is 503 g/mol. The van der Waals surface area contributed by atoms with Crippen LogP contribution in [0, 0.1) is 17.2 Å². The molecule has 37 heavy (non-hydrogen) atoms. The van der Waals surface area contributed by atoms with Crippen molar-refractivity contribution in [3.8, 4) is 11.8 Å². The minimum atomic E-state index is -1.09. The highest BCUT2D eigenvalue weighted by atomic mass is 16.5. The lowest BCUT2D eigenvalue weighted by atomic mass is 9.96. The van der Waals surface area contributed by atoms with Crippen LogP contribution in [0.4, 0.5) is 0 Å². The van der Waals surface area contributed by atoms with Gasteiger partial charge in [0.25, 0.3) is 0 Å². The number of H-pyrrole nitrogens is 1. The Hall–Kier alpha value is -3.94. The van der Waals surface area contributed by atoms with Gasteiger partial charge >= 0.3 is 0 Å². The van der Waals surface area contributed by atoms with Crippen molar-refractivity contribution in [3.63, 3.8) is 0 Å². The normalized spacial score (nSPS) is 23.4. The summed E-state index contributed by atoms with van der Waals surface area (Å²) in [4.78, 5) is 34.7. The summed E-state index contributed by atoms with van der Waals surface area (Å²) in [7, 11) is 1.60. The van der Waals surface area contributed by atoms with Crippen molar-refractivity contribution >= 4 is 22.7 Å². The molecule has 0 radical (unpaired) electrons. The monoisotopic (exact) mass is 502 g/mol. The number of methoxy groups -OCH3 is 1. The molecule has 0 bridgehead atoms. The first-order chi connectivity index (χ1) is 18.0. The van der Waals surface area contributed by atoms with Gasteiger partial charge in [-0.15, -0.1) is 0 Å². The molecule has 5 rings (SSSR count). The maximum atomic E-state index is 13.5. The summed E-state index contributed by atoms with van der Waals surface area (Å²) >= 11 is 0. The largest absolute Gasteiger partial charge is 0.496 e. The van der Waals surface area contributed by atoms with Crippen LogP contribution < -0.4 is 15.4 Å². The number of benzene rings is 1. The summed E-state index contributed by atoms with van der Waals surface area (Å²) in [6.07, 6.45) is 3.76. The van der Waals surface area contributed by atoms with Crippen molar-refractivity contribution in [1.82, 2.24) is 25.5 Å². The molecule has 2 aliphatic heterocycles. The number of likely N-dealkylation sites (tertiary alicyclic amines) is 1. The topological polar surface area (TPSA) is 143 Å². The van der Waals surface area contributed by atoms with Crippen LogP contribution in [-0.4, -0.2) is 64.1 Å². The van der Waals surface area contributed by atoms with Crippen molar-refractivity contribution in [3.05, 3.63) is 60.0 Å². The van der Waals surface area contributed by atoms with Gasteiger partial charge in [-0.3, -0.25) is 19.5 Å². The maximum absolute atomic E-state index is 13.5. The lowest BCUT2D eigenvalue weighted by Gasteiger charge is -2.29. The van der Waals surface area contributed by atoms with Crippen molar-refractivity contribution in [2.24, 2.45) is 5.92 Å². The number of pyridine rings is 1. The van der Waals surface area contributed by atoms with E-state index in [-0.39, 0.29) is 30.1 Å². The smallest absolute Gasteiger partial charge is 0.238 e. The van der Waals surface area contributed by atoms with Crippen molar-refractivity contribution in [1.29, 1.82) is 5.26 Å². The summed E-state index contributed by atoms with van der Waals surface area (Å²) in [5.41, 5.74) is 2.34. The molecule has 2 saturated heterocycles. The first-order valence-electron chi connectivity index (χ1n) is 12.5. The van der Waals surface area contributed by atoms with Crippen LogP contribution in [0.15, 0.2) is 48.8 Å². The van der Waals surface area contributed by atoms with E-state index in [0.717, 1.165) is 16.5 Å². The molecule has 10 nitrogen and oxygen atoms in total. The lowest BCUT2D eigenvalue weighted by Crippen LogP contribution is -2.48. The van der Waals surface area contributed by atoms with Gasteiger partial charge in [0, 0.05) is 48.2 Å². The van der Waals surface area contributed by atoms with Crippen LogP contribution in [0.3, 0.4) is 0 Å². The van der Waals surface area contributed by atoms with E-state index in [2.05, 4.69) is 26.7 Å². The first kappa shape index (κ1) is 24.7. The Balaban J connectivity index is 1.39. The highest BCUT2D eigenvalue weighted by Gasteiger charge is 2.42. The van der Waals surface area contributed by atoms with Gasteiger partial charge in [0.15, 0.2) is 0 Å². The van der Waals surface area contributed by atoms with Gasteiger partial charge in [-0.05, 0) is 49.1 Å². The Morgan fingerprint density at radius 3 is 2.95 bits per heavy atom. The van der Waals surface area contributed by atoms with Crippen molar-refractivity contribution in [2.75, 3.05) is 20.2 Å².